The average Bonchev–Trinajstić information content (AvgIpc) is 3.44. The van der Waals surface area contributed by atoms with Crippen LogP contribution in [0.1, 0.15) is 20.8 Å². The third-order valence-corrected chi connectivity index (χ3v) is 7.21. The Morgan fingerprint density at radius 3 is 2.46 bits per heavy atom. The molecule has 2 N–H and O–H groups in total. The van der Waals surface area contributed by atoms with Gasteiger partial charge in [-0.15, -0.1) is 0 Å². The van der Waals surface area contributed by atoms with E-state index < -0.39 is 17.6 Å². The van der Waals surface area contributed by atoms with E-state index in [1.807, 2.05) is 6.07 Å². The van der Waals surface area contributed by atoms with E-state index in [1.54, 1.807) is 10.9 Å². The highest BCUT2D eigenvalue weighted by Crippen LogP contribution is 2.34. The van der Waals surface area contributed by atoms with Crippen molar-refractivity contribution in [2.45, 2.75) is 12.7 Å². The van der Waals surface area contributed by atoms with Gasteiger partial charge in [0, 0.05) is 38.3 Å². The smallest absolute Gasteiger partial charge is 0.365 e. The fourth-order valence-electron chi connectivity index (χ4n) is 4.16. The number of nitrogens with two attached hydrogens (primary N) is 1. The molecule has 1 aliphatic rings. The summed E-state index contributed by atoms with van der Waals surface area (Å²) in [6.45, 7) is 4.87. The maximum absolute atomic E-state index is 13.0. The number of likely N-dealkylation sites (N-methyl/N-ethyl adjacent to an activating group) is 1. The van der Waals surface area contributed by atoms with Crippen LogP contribution in [0.15, 0.2) is 48.8 Å². The van der Waals surface area contributed by atoms with Crippen molar-refractivity contribution in [2.75, 3.05) is 33.2 Å². The Labute approximate surface area is 203 Å². The Bertz CT molecular complexity index is 1370. The first-order chi connectivity index (χ1) is 16.7. The Morgan fingerprint density at radius 1 is 1.09 bits per heavy atom. The van der Waals surface area contributed by atoms with E-state index in [1.165, 1.54) is 12.1 Å². The van der Waals surface area contributed by atoms with Gasteiger partial charge in [-0.25, -0.2) is 9.97 Å². The number of rotatable bonds is 5. The van der Waals surface area contributed by atoms with E-state index in [0.717, 1.165) is 72.8 Å². The van der Waals surface area contributed by atoms with Crippen molar-refractivity contribution >= 4 is 28.3 Å². The second-order valence-corrected chi connectivity index (χ2v) is 9.61. The van der Waals surface area contributed by atoms with Crippen LogP contribution in [0.4, 0.5) is 13.2 Å². The lowest BCUT2D eigenvalue weighted by molar-refractivity contribution is -0.137. The summed E-state index contributed by atoms with van der Waals surface area (Å²) < 4.78 is 40.7. The molecule has 0 atom stereocenters. The highest BCUT2D eigenvalue weighted by Gasteiger charge is 2.30. The summed E-state index contributed by atoms with van der Waals surface area (Å²) in [6, 6.07) is 10.6. The molecule has 0 unspecified atom stereocenters. The zero-order valence-electron chi connectivity index (χ0n) is 18.9. The van der Waals surface area contributed by atoms with Crippen LogP contribution in [0, 0.1) is 0 Å². The van der Waals surface area contributed by atoms with E-state index in [-0.39, 0.29) is 10.6 Å². The van der Waals surface area contributed by atoms with Gasteiger partial charge >= 0.3 is 6.18 Å². The van der Waals surface area contributed by atoms with Gasteiger partial charge in [0.1, 0.15) is 11.2 Å². The standard InChI is InChI=1S/C24H23F3N6OS/c1-31-8-10-32(11-9-31)13-15-2-7-18-19(12-15)33(14-29-18)23-30-20(21(35-23)22(28)34)16-3-5-17(6-4-16)24(25,26)27/h2-7,12,14H,8-11,13H2,1H3,(H2,28,34). The normalized spacial score (nSPS) is 15.7. The minimum atomic E-state index is -4.45. The van der Waals surface area contributed by atoms with Crippen molar-refractivity contribution in [3.63, 3.8) is 0 Å². The molecule has 1 fully saturated rings. The SMILES string of the molecule is CN1CCN(Cc2ccc3ncn(-c4nc(-c5ccc(C(F)(F)F)cc5)c(C(N)=O)s4)c3c2)CC1. The van der Waals surface area contributed by atoms with Gasteiger partial charge in [-0.2, -0.15) is 13.2 Å². The largest absolute Gasteiger partial charge is 0.416 e. The molecule has 5 rings (SSSR count). The summed E-state index contributed by atoms with van der Waals surface area (Å²) in [5, 5.41) is 0.466. The van der Waals surface area contributed by atoms with Gasteiger partial charge in [0.05, 0.1) is 22.3 Å². The number of amides is 1. The predicted octanol–water partition coefficient (Wildman–Crippen LogP) is 4.01. The lowest BCUT2D eigenvalue weighted by Gasteiger charge is -2.32. The Morgan fingerprint density at radius 2 is 1.80 bits per heavy atom. The van der Waals surface area contributed by atoms with Crippen molar-refractivity contribution in [3.8, 4) is 16.4 Å². The first-order valence-electron chi connectivity index (χ1n) is 11.0. The van der Waals surface area contributed by atoms with Crippen LogP contribution in [0.5, 0.6) is 0 Å². The molecule has 1 aliphatic heterocycles. The molecule has 1 amide bonds. The Balaban J connectivity index is 1.49. The van der Waals surface area contributed by atoms with Gasteiger partial charge in [-0.05, 0) is 36.9 Å². The molecule has 0 spiro atoms. The number of piperazine rings is 1. The first kappa shape index (κ1) is 23.5. The summed E-state index contributed by atoms with van der Waals surface area (Å²) in [5.74, 6) is -0.691. The summed E-state index contributed by atoms with van der Waals surface area (Å²) in [4.78, 5) is 26.1. The van der Waals surface area contributed by atoms with Gasteiger partial charge in [-0.3, -0.25) is 14.3 Å². The van der Waals surface area contributed by atoms with Gasteiger partial charge in [0.15, 0.2) is 5.13 Å². The molecule has 0 radical (unpaired) electrons. The summed E-state index contributed by atoms with van der Waals surface area (Å²) in [6.07, 6.45) is -2.82. The molecular formula is C24H23F3N6OS. The monoisotopic (exact) mass is 500 g/mol. The number of halogens is 3. The van der Waals surface area contributed by atoms with Crippen molar-refractivity contribution in [2.24, 2.45) is 5.73 Å². The number of aromatic nitrogens is 3. The zero-order chi connectivity index (χ0) is 24.7. The maximum atomic E-state index is 13.0. The number of thiazole rings is 1. The highest BCUT2D eigenvalue weighted by atomic mass is 32.1. The van der Waals surface area contributed by atoms with Gasteiger partial charge in [0.25, 0.3) is 5.91 Å². The van der Waals surface area contributed by atoms with Gasteiger partial charge in [-0.1, -0.05) is 29.5 Å². The number of nitrogens with zero attached hydrogens (tertiary/aromatic N) is 5. The maximum Gasteiger partial charge on any atom is 0.416 e. The van der Waals surface area contributed by atoms with Crippen LogP contribution in [-0.4, -0.2) is 63.5 Å². The fourth-order valence-corrected chi connectivity index (χ4v) is 5.08. The number of primary amides is 1. The minimum absolute atomic E-state index is 0.176. The number of hydrogen-bond acceptors (Lipinski definition) is 6. The van der Waals surface area contributed by atoms with Crippen molar-refractivity contribution in [1.82, 2.24) is 24.3 Å². The van der Waals surface area contributed by atoms with Crippen LogP contribution >= 0.6 is 11.3 Å². The molecule has 0 aliphatic carbocycles. The fraction of sp³-hybridized carbons (Fsp3) is 0.292. The molecule has 0 saturated carbocycles. The molecule has 7 nitrogen and oxygen atoms in total. The topological polar surface area (TPSA) is 80.3 Å². The molecule has 182 valence electrons. The van der Waals surface area contributed by atoms with E-state index in [4.69, 9.17) is 5.73 Å². The van der Waals surface area contributed by atoms with Crippen LogP contribution < -0.4 is 5.73 Å². The molecule has 2 aromatic carbocycles. The number of fused-ring (bicyclic) bond motifs is 1. The number of hydrogen-bond donors (Lipinski definition) is 1. The number of imidazole rings is 1. The number of alkyl halides is 3. The van der Waals surface area contributed by atoms with E-state index in [9.17, 15) is 18.0 Å². The first-order valence-corrected chi connectivity index (χ1v) is 11.9. The third kappa shape index (κ3) is 4.79. The molecule has 0 bridgehead atoms. The second kappa shape index (κ2) is 9.06. The lowest BCUT2D eigenvalue weighted by Crippen LogP contribution is -2.43. The number of benzene rings is 2. The third-order valence-electron chi connectivity index (χ3n) is 6.15. The quantitative estimate of drug-likeness (QED) is 0.448. The van der Waals surface area contributed by atoms with Crippen molar-refractivity contribution < 1.29 is 18.0 Å². The summed E-state index contributed by atoms with van der Waals surface area (Å²) in [7, 11) is 2.12. The molecule has 1 saturated heterocycles. The van der Waals surface area contributed by atoms with Crippen LogP contribution in [0.2, 0.25) is 0 Å². The van der Waals surface area contributed by atoms with Crippen LogP contribution in [0.25, 0.3) is 27.4 Å². The van der Waals surface area contributed by atoms with Crippen molar-refractivity contribution in [1.29, 1.82) is 0 Å². The Kier molecular flexibility index (Phi) is 6.07. The molecule has 3 heterocycles. The Hall–Kier alpha value is -3.28. The summed E-state index contributed by atoms with van der Waals surface area (Å²) in [5.41, 5.74) is 8.20. The molecule has 2 aromatic heterocycles. The number of carbonyl (C=O) groups excluding carboxylic acids is 1. The van der Waals surface area contributed by atoms with Crippen molar-refractivity contribution in [3.05, 3.63) is 64.8 Å². The van der Waals surface area contributed by atoms with E-state index >= 15 is 0 Å². The van der Waals surface area contributed by atoms with Crippen LogP contribution in [0.3, 0.4) is 0 Å². The van der Waals surface area contributed by atoms with Gasteiger partial charge < -0.3 is 10.6 Å². The molecule has 11 heteroatoms. The highest BCUT2D eigenvalue weighted by molar-refractivity contribution is 7.16. The second-order valence-electron chi connectivity index (χ2n) is 8.63. The number of carbonyl (C=O) groups is 1. The summed E-state index contributed by atoms with van der Waals surface area (Å²) >= 11 is 1.09. The van der Waals surface area contributed by atoms with Gasteiger partial charge in [0.2, 0.25) is 0 Å². The van der Waals surface area contributed by atoms with E-state index in [2.05, 4.69) is 38.9 Å². The minimum Gasteiger partial charge on any atom is -0.365 e. The molecule has 35 heavy (non-hydrogen) atoms. The molecular weight excluding hydrogens is 477 g/mol. The zero-order valence-corrected chi connectivity index (χ0v) is 19.7. The lowest BCUT2D eigenvalue weighted by atomic mass is 10.1. The van der Waals surface area contributed by atoms with Crippen LogP contribution in [-0.2, 0) is 12.7 Å². The van der Waals surface area contributed by atoms with E-state index in [0.29, 0.717) is 10.7 Å². The average molecular weight is 501 g/mol. The molecule has 4 aromatic rings. The predicted molar refractivity (Wildman–Crippen MR) is 128 cm³/mol.